The van der Waals surface area contributed by atoms with Gasteiger partial charge in [-0.1, -0.05) is 0 Å². The SMILES string of the molecule is Cc1nccc(N2CCN(C(=O)C(C)C(=O)O)CC2)n1. The number of hydrogen-bond acceptors (Lipinski definition) is 5. The van der Waals surface area contributed by atoms with Gasteiger partial charge in [-0.25, -0.2) is 9.97 Å². The highest BCUT2D eigenvalue weighted by molar-refractivity contribution is 5.96. The molecule has 20 heavy (non-hydrogen) atoms. The Morgan fingerprint density at radius 2 is 1.95 bits per heavy atom. The summed E-state index contributed by atoms with van der Waals surface area (Å²) in [4.78, 5) is 34.8. The lowest BCUT2D eigenvalue weighted by atomic mass is 10.1. The number of carbonyl (C=O) groups excluding carboxylic acids is 1. The largest absolute Gasteiger partial charge is 0.481 e. The Morgan fingerprint density at radius 1 is 1.30 bits per heavy atom. The van der Waals surface area contributed by atoms with E-state index < -0.39 is 11.9 Å². The highest BCUT2D eigenvalue weighted by atomic mass is 16.4. The van der Waals surface area contributed by atoms with Gasteiger partial charge in [0.15, 0.2) is 0 Å². The van der Waals surface area contributed by atoms with Crippen molar-refractivity contribution in [3.8, 4) is 0 Å². The van der Waals surface area contributed by atoms with Crippen LogP contribution in [-0.4, -0.2) is 58.0 Å². The number of amides is 1. The Labute approximate surface area is 117 Å². The Kier molecular flexibility index (Phi) is 4.16. The first-order valence-electron chi connectivity index (χ1n) is 6.55. The molecule has 1 atom stereocenters. The van der Waals surface area contributed by atoms with Crippen molar-refractivity contribution in [3.05, 3.63) is 18.1 Å². The van der Waals surface area contributed by atoms with Crippen LogP contribution in [0.25, 0.3) is 0 Å². The van der Waals surface area contributed by atoms with Crippen LogP contribution < -0.4 is 4.90 Å². The van der Waals surface area contributed by atoms with Gasteiger partial charge in [0.1, 0.15) is 17.6 Å². The quantitative estimate of drug-likeness (QED) is 0.792. The highest BCUT2D eigenvalue weighted by Gasteiger charge is 2.29. The van der Waals surface area contributed by atoms with Crippen molar-refractivity contribution < 1.29 is 14.7 Å². The number of rotatable bonds is 3. The number of carboxylic acids is 1. The average molecular weight is 278 g/mol. The molecule has 0 aromatic carbocycles. The van der Waals surface area contributed by atoms with Crippen LogP contribution in [0.5, 0.6) is 0 Å². The Morgan fingerprint density at radius 3 is 2.50 bits per heavy atom. The van der Waals surface area contributed by atoms with Crippen molar-refractivity contribution in [2.45, 2.75) is 13.8 Å². The fourth-order valence-electron chi connectivity index (χ4n) is 2.16. The number of carboxylic acid groups (broad SMARTS) is 1. The Hall–Kier alpha value is -2.18. The second kappa shape index (κ2) is 5.85. The molecule has 2 heterocycles. The average Bonchev–Trinajstić information content (AvgIpc) is 2.46. The molecule has 1 fully saturated rings. The van der Waals surface area contributed by atoms with E-state index in [1.54, 1.807) is 11.1 Å². The molecule has 0 aliphatic carbocycles. The summed E-state index contributed by atoms with van der Waals surface area (Å²) in [6.45, 7) is 5.57. The van der Waals surface area contributed by atoms with Crippen LogP contribution in [0, 0.1) is 12.8 Å². The summed E-state index contributed by atoms with van der Waals surface area (Å²) in [6.07, 6.45) is 1.71. The summed E-state index contributed by atoms with van der Waals surface area (Å²) in [6, 6.07) is 1.84. The zero-order valence-electron chi connectivity index (χ0n) is 11.6. The number of hydrogen-bond donors (Lipinski definition) is 1. The molecule has 0 saturated carbocycles. The molecule has 1 unspecified atom stereocenters. The number of aliphatic carboxylic acids is 1. The number of aryl methyl sites for hydroxylation is 1. The molecule has 1 aliphatic heterocycles. The standard InChI is InChI=1S/C13H18N4O3/c1-9(13(19)20)12(18)17-7-5-16(6-8-17)11-3-4-14-10(2)15-11/h3-4,9H,5-8H2,1-2H3,(H,19,20). The maximum atomic E-state index is 11.9. The zero-order valence-corrected chi connectivity index (χ0v) is 11.6. The molecule has 1 amide bonds. The minimum absolute atomic E-state index is 0.323. The summed E-state index contributed by atoms with van der Waals surface area (Å²) >= 11 is 0. The van der Waals surface area contributed by atoms with E-state index in [4.69, 9.17) is 5.11 Å². The third kappa shape index (κ3) is 3.04. The van der Waals surface area contributed by atoms with Gasteiger partial charge in [-0.2, -0.15) is 0 Å². The van der Waals surface area contributed by atoms with Crippen molar-refractivity contribution >= 4 is 17.7 Å². The third-order valence-corrected chi connectivity index (χ3v) is 3.42. The monoisotopic (exact) mass is 278 g/mol. The molecular formula is C13H18N4O3. The lowest BCUT2D eigenvalue weighted by Crippen LogP contribution is -2.51. The van der Waals surface area contributed by atoms with Gasteiger partial charge in [0.2, 0.25) is 5.91 Å². The van der Waals surface area contributed by atoms with E-state index in [9.17, 15) is 9.59 Å². The minimum atomic E-state index is -1.08. The van der Waals surface area contributed by atoms with Crippen LogP contribution in [0.15, 0.2) is 12.3 Å². The fraction of sp³-hybridized carbons (Fsp3) is 0.538. The van der Waals surface area contributed by atoms with Gasteiger partial charge >= 0.3 is 5.97 Å². The second-order valence-corrected chi connectivity index (χ2v) is 4.83. The van der Waals surface area contributed by atoms with E-state index in [1.807, 2.05) is 13.0 Å². The van der Waals surface area contributed by atoms with Crippen molar-refractivity contribution in [1.82, 2.24) is 14.9 Å². The molecule has 1 aliphatic rings. The molecule has 1 aromatic rings. The molecule has 2 rings (SSSR count). The van der Waals surface area contributed by atoms with Crippen LogP contribution in [0.4, 0.5) is 5.82 Å². The van der Waals surface area contributed by atoms with Gasteiger partial charge in [-0.15, -0.1) is 0 Å². The second-order valence-electron chi connectivity index (χ2n) is 4.83. The zero-order chi connectivity index (χ0) is 14.7. The van der Waals surface area contributed by atoms with Crippen molar-refractivity contribution in [3.63, 3.8) is 0 Å². The molecule has 1 aromatic heterocycles. The van der Waals surface area contributed by atoms with Crippen molar-refractivity contribution in [2.75, 3.05) is 31.1 Å². The molecule has 7 nitrogen and oxygen atoms in total. The van der Waals surface area contributed by atoms with Gasteiger partial charge in [0.05, 0.1) is 0 Å². The van der Waals surface area contributed by atoms with Gasteiger partial charge in [-0.05, 0) is 19.9 Å². The molecule has 108 valence electrons. The number of piperazine rings is 1. The minimum Gasteiger partial charge on any atom is -0.481 e. The fourth-order valence-corrected chi connectivity index (χ4v) is 2.16. The molecule has 0 radical (unpaired) electrons. The Bertz CT molecular complexity index is 512. The number of aromatic nitrogens is 2. The molecule has 1 saturated heterocycles. The molecular weight excluding hydrogens is 260 g/mol. The third-order valence-electron chi connectivity index (χ3n) is 3.42. The predicted octanol–water partition coefficient (Wildman–Crippen LogP) is 0.154. The maximum absolute atomic E-state index is 11.9. The van der Waals surface area contributed by atoms with Crippen LogP contribution in [-0.2, 0) is 9.59 Å². The van der Waals surface area contributed by atoms with Crippen LogP contribution in [0.3, 0.4) is 0 Å². The smallest absolute Gasteiger partial charge is 0.315 e. The summed E-state index contributed by atoms with van der Waals surface area (Å²) in [5.41, 5.74) is 0. The molecule has 1 N–H and O–H groups in total. The van der Waals surface area contributed by atoms with Gasteiger partial charge in [-0.3, -0.25) is 9.59 Å². The van der Waals surface area contributed by atoms with Crippen molar-refractivity contribution in [2.24, 2.45) is 5.92 Å². The number of nitrogens with zero attached hydrogens (tertiary/aromatic N) is 4. The van der Waals surface area contributed by atoms with Crippen LogP contribution >= 0.6 is 0 Å². The van der Waals surface area contributed by atoms with E-state index in [-0.39, 0.29) is 5.91 Å². The predicted molar refractivity (Wildman–Crippen MR) is 72.4 cm³/mol. The summed E-state index contributed by atoms with van der Waals surface area (Å²) < 4.78 is 0. The molecule has 0 bridgehead atoms. The van der Waals surface area contributed by atoms with E-state index in [2.05, 4.69) is 14.9 Å². The van der Waals surface area contributed by atoms with E-state index in [0.717, 1.165) is 5.82 Å². The first-order valence-corrected chi connectivity index (χ1v) is 6.55. The first-order chi connectivity index (χ1) is 9.49. The lowest BCUT2D eigenvalue weighted by Gasteiger charge is -2.36. The molecule has 7 heteroatoms. The topological polar surface area (TPSA) is 86.6 Å². The Balaban J connectivity index is 1.96. The summed E-state index contributed by atoms with van der Waals surface area (Å²) in [5.74, 6) is -0.834. The lowest BCUT2D eigenvalue weighted by molar-refractivity contribution is -0.150. The number of anilines is 1. The summed E-state index contributed by atoms with van der Waals surface area (Å²) in [5, 5.41) is 8.87. The maximum Gasteiger partial charge on any atom is 0.315 e. The van der Waals surface area contributed by atoms with E-state index >= 15 is 0 Å². The first kappa shape index (κ1) is 14.2. The summed E-state index contributed by atoms with van der Waals surface area (Å²) in [7, 11) is 0. The van der Waals surface area contributed by atoms with Gasteiger partial charge in [0, 0.05) is 32.4 Å². The van der Waals surface area contributed by atoms with Crippen molar-refractivity contribution in [1.29, 1.82) is 0 Å². The van der Waals surface area contributed by atoms with E-state index in [1.165, 1.54) is 6.92 Å². The van der Waals surface area contributed by atoms with Crippen LogP contribution in [0.2, 0.25) is 0 Å². The van der Waals surface area contributed by atoms with E-state index in [0.29, 0.717) is 32.0 Å². The normalized spacial score (nSPS) is 16.9. The highest BCUT2D eigenvalue weighted by Crippen LogP contribution is 2.14. The van der Waals surface area contributed by atoms with Gasteiger partial charge < -0.3 is 14.9 Å². The van der Waals surface area contributed by atoms with Crippen LogP contribution in [0.1, 0.15) is 12.7 Å². The number of carbonyl (C=O) groups is 2. The van der Waals surface area contributed by atoms with Gasteiger partial charge in [0.25, 0.3) is 0 Å². The molecule has 0 spiro atoms.